The second-order valence-electron chi connectivity index (χ2n) is 3.42. The third-order valence-electron chi connectivity index (χ3n) is 2.30. The van der Waals surface area contributed by atoms with E-state index in [-0.39, 0.29) is 0 Å². The first kappa shape index (κ1) is 10.4. The third kappa shape index (κ3) is 2.09. The van der Waals surface area contributed by atoms with Gasteiger partial charge in [0.05, 0.1) is 0 Å². The number of aromatic amines is 1. The van der Waals surface area contributed by atoms with Crippen LogP contribution in [0.5, 0.6) is 0 Å². The lowest BCUT2D eigenvalue weighted by atomic mass is 10.1. The Bertz CT molecular complexity index is 476. The zero-order chi connectivity index (χ0) is 10.8. The average Bonchev–Trinajstić information content (AvgIpc) is 2.66. The molecule has 0 atom stereocenters. The normalized spacial score (nSPS) is 10.6. The molecule has 0 radical (unpaired) electrons. The first-order chi connectivity index (χ1) is 7.20. The fourth-order valence-electron chi connectivity index (χ4n) is 1.45. The van der Waals surface area contributed by atoms with Gasteiger partial charge in [-0.1, -0.05) is 22.9 Å². The van der Waals surface area contributed by atoms with Gasteiger partial charge in [0, 0.05) is 16.5 Å². The number of aryl methyl sites for hydroxylation is 2. The minimum absolute atomic E-state index is 0.775. The van der Waals surface area contributed by atoms with Gasteiger partial charge in [0.15, 0.2) is 5.82 Å². The molecular formula is C11H12BrN3. The van der Waals surface area contributed by atoms with Crippen LogP contribution in [0.3, 0.4) is 0 Å². The van der Waals surface area contributed by atoms with E-state index in [1.165, 1.54) is 5.56 Å². The average molecular weight is 266 g/mol. The number of benzene rings is 1. The molecule has 1 heterocycles. The van der Waals surface area contributed by atoms with E-state index < -0.39 is 0 Å². The highest BCUT2D eigenvalue weighted by Gasteiger charge is 2.07. The van der Waals surface area contributed by atoms with Crippen molar-refractivity contribution >= 4 is 15.9 Å². The number of aromatic nitrogens is 3. The lowest BCUT2D eigenvalue weighted by Gasteiger charge is -2.01. The Morgan fingerprint density at radius 2 is 2.20 bits per heavy atom. The van der Waals surface area contributed by atoms with Gasteiger partial charge in [-0.25, -0.2) is 4.98 Å². The maximum absolute atomic E-state index is 4.41. The van der Waals surface area contributed by atoms with Gasteiger partial charge in [-0.3, -0.25) is 5.10 Å². The number of H-pyrrole nitrogens is 1. The van der Waals surface area contributed by atoms with Crippen LogP contribution in [-0.4, -0.2) is 15.2 Å². The van der Waals surface area contributed by atoms with Crippen LogP contribution in [0.1, 0.15) is 18.3 Å². The highest BCUT2D eigenvalue weighted by molar-refractivity contribution is 9.10. The highest BCUT2D eigenvalue weighted by atomic mass is 79.9. The Morgan fingerprint density at radius 3 is 2.80 bits per heavy atom. The van der Waals surface area contributed by atoms with Crippen LogP contribution in [0.15, 0.2) is 22.7 Å². The Kier molecular flexibility index (Phi) is 2.86. The molecule has 0 aliphatic rings. The summed E-state index contributed by atoms with van der Waals surface area (Å²) in [5.74, 6) is 1.70. The molecule has 2 rings (SSSR count). The molecule has 1 aromatic carbocycles. The van der Waals surface area contributed by atoms with Crippen molar-refractivity contribution in [3.05, 3.63) is 34.1 Å². The zero-order valence-electron chi connectivity index (χ0n) is 8.71. The van der Waals surface area contributed by atoms with Crippen molar-refractivity contribution in [2.24, 2.45) is 0 Å². The molecule has 0 saturated carbocycles. The molecule has 0 spiro atoms. The second kappa shape index (κ2) is 4.14. The Balaban J connectivity index is 2.44. The molecule has 0 aliphatic carbocycles. The number of hydrogen-bond donors (Lipinski definition) is 1. The molecule has 4 heteroatoms. The summed E-state index contributed by atoms with van der Waals surface area (Å²) in [4.78, 5) is 4.41. The third-order valence-corrected chi connectivity index (χ3v) is 2.79. The highest BCUT2D eigenvalue weighted by Crippen LogP contribution is 2.23. The fourth-order valence-corrected chi connectivity index (χ4v) is 1.93. The monoisotopic (exact) mass is 265 g/mol. The summed E-state index contributed by atoms with van der Waals surface area (Å²) < 4.78 is 1.08. The number of halogens is 1. The summed E-state index contributed by atoms with van der Waals surface area (Å²) >= 11 is 3.44. The van der Waals surface area contributed by atoms with Crippen LogP contribution >= 0.6 is 15.9 Å². The molecule has 1 aromatic heterocycles. The van der Waals surface area contributed by atoms with Crippen LogP contribution in [0.2, 0.25) is 0 Å². The zero-order valence-corrected chi connectivity index (χ0v) is 10.3. The van der Waals surface area contributed by atoms with Gasteiger partial charge in [0.1, 0.15) is 5.82 Å². The summed E-state index contributed by atoms with van der Waals surface area (Å²) in [6.07, 6.45) is 0.878. The molecular weight excluding hydrogens is 254 g/mol. The van der Waals surface area contributed by atoms with E-state index in [9.17, 15) is 0 Å². The molecule has 0 fully saturated rings. The Labute approximate surface area is 97.1 Å². The SMILES string of the molecule is CCc1nc(-c2ccc(Br)cc2C)n[nH]1. The van der Waals surface area contributed by atoms with E-state index in [0.29, 0.717) is 0 Å². The summed E-state index contributed by atoms with van der Waals surface area (Å²) in [6.45, 7) is 4.11. The fraction of sp³-hybridized carbons (Fsp3) is 0.273. The van der Waals surface area contributed by atoms with E-state index in [4.69, 9.17) is 0 Å². The van der Waals surface area contributed by atoms with Gasteiger partial charge in [-0.15, -0.1) is 0 Å². The second-order valence-corrected chi connectivity index (χ2v) is 4.33. The van der Waals surface area contributed by atoms with Crippen LogP contribution in [0, 0.1) is 6.92 Å². The van der Waals surface area contributed by atoms with Gasteiger partial charge in [-0.05, 0) is 30.7 Å². The van der Waals surface area contributed by atoms with E-state index in [1.807, 2.05) is 12.1 Å². The van der Waals surface area contributed by atoms with Crippen molar-refractivity contribution in [1.29, 1.82) is 0 Å². The van der Waals surface area contributed by atoms with E-state index in [2.05, 4.69) is 51.0 Å². The van der Waals surface area contributed by atoms with Gasteiger partial charge in [0.25, 0.3) is 0 Å². The Hall–Kier alpha value is -1.16. The van der Waals surface area contributed by atoms with Gasteiger partial charge in [-0.2, -0.15) is 5.10 Å². The minimum atomic E-state index is 0.775. The van der Waals surface area contributed by atoms with Gasteiger partial charge < -0.3 is 0 Å². The van der Waals surface area contributed by atoms with Gasteiger partial charge in [0.2, 0.25) is 0 Å². The van der Waals surface area contributed by atoms with Gasteiger partial charge >= 0.3 is 0 Å². The predicted octanol–water partition coefficient (Wildman–Crippen LogP) is 3.11. The maximum atomic E-state index is 4.41. The molecule has 0 amide bonds. The molecule has 0 bridgehead atoms. The quantitative estimate of drug-likeness (QED) is 0.907. The molecule has 78 valence electrons. The van der Waals surface area contributed by atoms with Crippen LogP contribution in [0.25, 0.3) is 11.4 Å². The predicted molar refractivity (Wildman–Crippen MR) is 63.6 cm³/mol. The van der Waals surface area contributed by atoms with Crippen molar-refractivity contribution in [2.75, 3.05) is 0 Å². The molecule has 0 aliphatic heterocycles. The number of nitrogens with one attached hydrogen (secondary N) is 1. The maximum Gasteiger partial charge on any atom is 0.181 e. The van der Waals surface area contributed by atoms with Crippen molar-refractivity contribution in [2.45, 2.75) is 20.3 Å². The first-order valence-corrected chi connectivity index (χ1v) is 5.68. The van der Waals surface area contributed by atoms with Crippen molar-refractivity contribution in [1.82, 2.24) is 15.2 Å². The lowest BCUT2D eigenvalue weighted by molar-refractivity contribution is 0.946. The number of nitrogens with zero attached hydrogens (tertiary/aromatic N) is 2. The molecule has 1 N–H and O–H groups in total. The van der Waals surface area contributed by atoms with E-state index in [0.717, 1.165) is 28.1 Å². The first-order valence-electron chi connectivity index (χ1n) is 4.88. The molecule has 0 unspecified atom stereocenters. The van der Waals surface area contributed by atoms with Crippen LogP contribution in [0.4, 0.5) is 0 Å². The van der Waals surface area contributed by atoms with E-state index in [1.54, 1.807) is 0 Å². The Morgan fingerprint density at radius 1 is 1.40 bits per heavy atom. The van der Waals surface area contributed by atoms with Crippen molar-refractivity contribution in [3.63, 3.8) is 0 Å². The summed E-state index contributed by atoms with van der Waals surface area (Å²) in [5.41, 5.74) is 2.25. The summed E-state index contributed by atoms with van der Waals surface area (Å²) in [5, 5.41) is 7.12. The standard InChI is InChI=1S/C11H12BrN3/c1-3-10-13-11(15-14-10)9-5-4-8(12)6-7(9)2/h4-6H,3H2,1-2H3,(H,13,14,15). The summed E-state index contributed by atoms with van der Waals surface area (Å²) in [6, 6.07) is 6.10. The summed E-state index contributed by atoms with van der Waals surface area (Å²) in [7, 11) is 0. The molecule has 2 aromatic rings. The molecule has 3 nitrogen and oxygen atoms in total. The molecule has 0 saturated heterocycles. The molecule has 15 heavy (non-hydrogen) atoms. The van der Waals surface area contributed by atoms with E-state index >= 15 is 0 Å². The lowest BCUT2D eigenvalue weighted by Crippen LogP contribution is -1.86. The smallest absolute Gasteiger partial charge is 0.181 e. The largest absolute Gasteiger partial charge is 0.263 e. The van der Waals surface area contributed by atoms with Crippen LogP contribution in [-0.2, 0) is 6.42 Å². The van der Waals surface area contributed by atoms with Crippen LogP contribution < -0.4 is 0 Å². The minimum Gasteiger partial charge on any atom is -0.263 e. The van der Waals surface area contributed by atoms with Crippen molar-refractivity contribution < 1.29 is 0 Å². The van der Waals surface area contributed by atoms with Crippen molar-refractivity contribution in [3.8, 4) is 11.4 Å². The number of hydrogen-bond acceptors (Lipinski definition) is 2. The topological polar surface area (TPSA) is 41.6 Å². The number of rotatable bonds is 2.